The Balaban J connectivity index is 1.37. The Kier molecular flexibility index (Phi) is 6.52. The maximum Gasteiger partial charge on any atom is 0.244 e. The first-order valence-electron chi connectivity index (χ1n) is 12.1. The molecule has 2 aromatic rings. The molecular formula is C25H32ClN5O4. The highest BCUT2D eigenvalue weighted by Gasteiger charge is 2.39. The predicted octanol–water partition coefficient (Wildman–Crippen LogP) is 2.30. The third-order valence-electron chi connectivity index (χ3n) is 6.95. The van der Waals surface area contributed by atoms with Crippen LogP contribution in [-0.4, -0.2) is 82.2 Å². The first kappa shape index (κ1) is 24.1. The Labute approximate surface area is 209 Å². The fourth-order valence-corrected chi connectivity index (χ4v) is 5.42. The number of amides is 2. The van der Waals surface area contributed by atoms with E-state index in [-0.39, 0.29) is 25.0 Å². The van der Waals surface area contributed by atoms with E-state index in [0.717, 1.165) is 28.6 Å². The van der Waals surface area contributed by atoms with E-state index in [0.29, 0.717) is 43.3 Å². The highest BCUT2D eigenvalue weighted by molar-refractivity contribution is 6.32. The van der Waals surface area contributed by atoms with Crippen LogP contribution in [0.15, 0.2) is 18.3 Å². The fourth-order valence-electron chi connectivity index (χ4n) is 5.20. The molecule has 4 heterocycles. The van der Waals surface area contributed by atoms with Gasteiger partial charge in [0.2, 0.25) is 11.8 Å². The van der Waals surface area contributed by atoms with Crippen LogP contribution in [0, 0.1) is 0 Å². The molecule has 0 saturated carbocycles. The Morgan fingerprint density at radius 2 is 2.17 bits per heavy atom. The number of hydrogen-bond donors (Lipinski definition) is 4. The van der Waals surface area contributed by atoms with Gasteiger partial charge < -0.3 is 30.4 Å². The number of anilines is 1. The molecule has 0 spiro atoms. The number of morpholine rings is 1. The summed E-state index contributed by atoms with van der Waals surface area (Å²) in [5.74, 6) is -0.336. The van der Waals surface area contributed by atoms with Crippen LogP contribution in [0.2, 0.25) is 5.02 Å². The summed E-state index contributed by atoms with van der Waals surface area (Å²) in [7, 11) is 0. The molecule has 1 aromatic heterocycles. The second-order valence-electron chi connectivity index (χ2n) is 10.2. The van der Waals surface area contributed by atoms with Gasteiger partial charge in [0.1, 0.15) is 6.04 Å². The molecule has 2 saturated heterocycles. The quantitative estimate of drug-likeness (QED) is 0.512. The molecule has 35 heavy (non-hydrogen) atoms. The van der Waals surface area contributed by atoms with Gasteiger partial charge in [-0.05, 0) is 51.1 Å². The molecule has 2 fully saturated rings. The van der Waals surface area contributed by atoms with Gasteiger partial charge in [-0.3, -0.25) is 14.5 Å². The van der Waals surface area contributed by atoms with Crippen LogP contribution in [0.4, 0.5) is 5.69 Å². The van der Waals surface area contributed by atoms with E-state index in [4.69, 9.17) is 16.3 Å². The van der Waals surface area contributed by atoms with E-state index in [1.165, 1.54) is 0 Å². The van der Waals surface area contributed by atoms with Crippen molar-refractivity contribution in [2.45, 2.75) is 51.0 Å². The molecule has 188 valence electrons. The first-order chi connectivity index (χ1) is 16.7. The summed E-state index contributed by atoms with van der Waals surface area (Å²) in [6.07, 6.45) is 4.88. The number of aliphatic hydroxyl groups excluding tert-OH is 1. The zero-order chi connectivity index (χ0) is 24.7. The van der Waals surface area contributed by atoms with Crippen molar-refractivity contribution in [1.29, 1.82) is 0 Å². The Hall–Kier alpha value is -2.59. The molecule has 0 bridgehead atoms. The van der Waals surface area contributed by atoms with Gasteiger partial charge in [-0.1, -0.05) is 11.6 Å². The van der Waals surface area contributed by atoms with Crippen molar-refractivity contribution in [3.63, 3.8) is 0 Å². The smallest absolute Gasteiger partial charge is 0.244 e. The molecule has 9 nitrogen and oxygen atoms in total. The molecule has 4 N–H and O–H groups in total. The summed E-state index contributed by atoms with van der Waals surface area (Å²) in [4.78, 5) is 33.5. The van der Waals surface area contributed by atoms with Gasteiger partial charge in [0, 0.05) is 41.3 Å². The number of nitrogens with zero attached hydrogens (tertiary/aromatic N) is 2. The summed E-state index contributed by atoms with van der Waals surface area (Å²) in [6.45, 7) is 6.24. The van der Waals surface area contributed by atoms with Crippen LogP contribution in [0.25, 0.3) is 17.0 Å². The van der Waals surface area contributed by atoms with Gasteiger partial charge in [-0.2, -0.15) is 0 Å². The molecule has 5 rings (SSSR count). The number of ether oxygens (including phenoxy) is 1. The van der Waals surface area contributed by atoms with Gasteiger partial charge in [-0.15, -0.1) is 0 Å². The number of β-amino-alcohol motifs (C(OH)–C–C–N with tert-alkyl or cyclic N) is 1. The maximum absolute atomic E-state index is 13.5. The third kappa shape index (κ3) is 5.04. The third-order valence-corrected chi connectivity index (χ3v) is 7.16. The molecule has 2 atom stereocenters. The molecule has 1 unspecified atom stereocenters. The summed E-state index contributed by atoms with van der Waals surface area (Å²) >= 11 is 6.41. The highest BCUT2D eigenvalue weighted by atomic mass is 35.5. The van der Waals surface area contributed by atoms with E-state index in [1.807, 2.05) is 37.1 Å². The number of piperidine rings is 1. The van der Waals surface area contributed by atoms with Crippen molar-refractivity contribution in [3.8, 4) is 0 Å². The molecule has 10 heteroatoms. The van der Waals surface area contributed by atoms with Crippen molar-refractivity contribution in [1.82, 2.24) is 20.1 Å². The standard InChI is InChI=1S/C25H32ClN5O4/c1-25(2)14-31(12-22(33)30-7-3-4-16(32)11-30)21(13-35-25)24(34)29-19-9-15(26)8-18-17-5-6-27-10-20(17)28-23(18)19/h5-6,8-9,16,21,27-28,32H,3-4,7,10-14H2,1-2H3,(H,29,34)/t16?,21-/m0/s1. The number of likely N-dealkylation sites (tertiary alicyclic amines) is 1. The number of aromatic amines is 1. The van der Waals surface area contributed by atoms with E-state index in [1.54, 1.807) is 11.0 Å². The van der Waals surface area contributed by atoms with Crippen molar-refractivity contribution in [2.24, 2.45) is 0 Å². The Morgan fingerprint density at radius 3 is 2.97 bits per heavy atom. The minimum absolute atomic E-state index is 0.0827. The number of carbonyl (C=O) groups excluding carboxylic acids is 2. The van der Waals surface area contributed by atoms with Crippen LogP contribution in [0.3, 0.4) is 0 Å². The van der Waals surface area contributed by atoms with Gasteiger partial charge >= 0.3 is 0 Å². The van der Waals surface area contributed by atoms with E-state index < -0.39 is 17.7 Å². The average Bonchev–Trinajstić information content (AvgIpc) is 3.17. The lowest BCUT2D eigenvalue weighted by atomic mass is 10.0. The summed E-state index contributed by atoms with van der Waals surface area (Å²) in [6, 6.07) is 2.99. The predicted molar refractivity (Wildman–Crippen MR) is 135 cm³/mol. The van der Waals surface area contributed by atoms with Crippen molar-refractivity contribution >= 4 is 46.1 Å². The molecule has 3 aliphatic heterocycles. The zero-order valence-corrected chi connectivity index (χ0v) is 20.8. The number of carbonyl (C=O) groups is 2. The monoisotopic (exact) mass is 501 g/mol. The summed E-state index contributed by atoms with van der Waals surface area (Å²) < 4.78 is 5.97. The number of aliphatic hydroxyl groups is 1. The van der Waals surface area contributed by atoms with E-state index >= 15 is 0 Å². The molecule has 1 aromatic carbocycles. The number of fused-ring (bicyclic) bond motifs is 3. The molecule has 2 amide bonds. The fraction of sp³-hybridized carbons (Fsp3) is 0.520. The van der Waals surface area contributed by atoms with Crippen LogP contribution >= 0.6 is 11.6 Å². The lowest BCUT2D eigenvalue weighted by molar-refractivity contribution is -0.151. The molecule has 3 aliphatic rings. The lowest BCUT2D eigenvalue weighted by Gasteiger charge is -2.43. The average molecular weight is 502 g/mol. The molecule has 0 radical (unpaired) electrons. The van der Waals surface area contributed by atoms with Crippen molar-refractivity contribution in [2.75, 3.05) is 38.1 Å². The van der Waals surface area contributed by atoms with Crippen LogP contribution in [0.5, 0.6) is 0 Å². The number of hydrogen-bond acceptors (Lipinski definition) is 6. The van der Waals surface area contributed by atoms with Gasteiger partial charge in [0.15, 0.2) is 0 Å². The minimum Gasteiger partial charge on any atom is -0.391 e. The van der Waals surface area contributed by atoms with E-state index in [2.05, 4.69) is 15.6 Å². The Morgan fingerprint density at radius 1 is 1.34 bits per heavy atom. The van der Waals surface area contributed by atoms with Crippen LogP contribution in [0.1, 0.15) is 37.9 Å². The number of benzene rings is 1. The Bertz CT molecular complexity index is 1180. The normalized spacial score (nSPS) is 24.2. The van der Waals surface area contributed by atoms with Gasteiger partial charge in [0.25, 0.3) is 0 Å². The SMILES string of the molecule is CC1(C)CN(CC(=O)N2CCCC(O)C2)[C@H](C(=O)Nc2cc(Cl)cc3c4c([nH]c23)CNC=C4)CO1. The van der Waals surface area contributed by atoms with Crippen molar-refractivity contribution < 1.29 is 19.4 Å². The second-order valence-corrected chi connectivity index (χ2v) is 10.7. The molecular weight excluding hydrogens is 470 g/mol. The van der Waals surface area contributed by atoms with Gasteiger partial charge in [-0.25, -0.2) is 0 Å². The van der Waals surface area contributed by atoms with E-state index in [9.17, 15) is 14.7 Å². The lowest BCUT2D eigenvalue weighted by Crippen LogP contribution is -2.60. The number of halogens is 1. The number of rotatable bonds is 4. The van der Waals surface area contributed by atoms with Crippen molar-refractivity contribution in [3.05, 3.63) is 34.6 Å². The number of H-pyrrole nitrogens is 1. The van der Waals surface area contributed by atoms with Crippen LogP contribution in [-0.2, 0) is 20.9 Å². The summed E-state index contributed by atoms with van der Waals surface area (Å²) in [5.41, 5.74) is 2.99. The number of nitrogens with one attached hydrogen (secondary N) is 3. The highest BCUT2D eigenvalue weighted by Crippen LogP contribution is 2.34. The topological polar surface area (TPSA) is 110 Å². The second kappa shape index (κ2) is 9.46. The first-order valence-corrected chi connectivity index (χ1v) is 12.5. The van der Waals surface area contributed by atoms with Gasteiger partial charge in [0.05, 0.1) is 42.6 Å². The molecule has 0 aliphatic carbocycles. The maximum atomic E-state index is 13.5. The largest absolute Gasteiger partial charge is 0.391 e. The number of aromatic nitrogens is 1. The van der Waals surface area contributed by atoms with Crippen LogP contribution < -0.4 is 10.6 Å². The minimum atomic E-state index is -0.637. The summed E-state index contributed by atoms with van der Waals surface area (Å²) in [5, 5.41) is 17.7. The zero-order valence-electron chi connectivity index (χ0n) is 20.1.